The molecule has 1 saturated heterocycles. The van der Waals surface area contributed by atoms with Gasteiger partial charge >= 0.3 is 0 Å². The third kappa shape index (κ3) is 5.48. The zero-order valence-corrected chi connectivity index (χ0v) is 20.9. The van der Waals surface area contributed by atoms with Crippen LogP contribution in [0.25, 0.3) is 0 Å². The Bertz CT molecular complexity index is 1270. The summed E-state index contributed by atoms with van der Waals surface area (Å²) in [5, 5.41) is 2.28. The molecule has 1 unspecified atom stereocenters. The van der Waals surface area contributed by atoms with Crippen molar-refractivity contribution in [3.8, 4) is 0 Å². The molecule has 1 aromatic heterocycles. The fourth-order valence-corrected chi connectivity index (χ4v) is 5.25. The first-order valence-electron chi connectivity index (χ1n) is 11.4. The van der Waals surface area contributed by atoms with E-state index in [1.54, 1.807) is 0 Å². The van der Waals surface area contributed by atoms with Gasteiger partial charge in [0.15, 0.2) is 14.9 Å². The first kappa shape index (κ1) is 25.5. The number of carbonyl (C=O) groups is 2. The van der Waals surface area contributed by atoms with Crippen LogP contribution in [0, 0.1) is 23.5 Å². The molecule has 2 fully saturated rings. The lowest BCUT2D eigenvalue weighted by atomic mass is 9.99. The monoisotopic (exact) mass is 525 g/mol. The first-order valence-corrected chi connectivity index (χ1v) is 13.7. The molecule has 7 nitrogen and oxygen atoms in total. The smallest absolute Gasteiger partial charge is 0.254 e. The van der Waals surface area contributed by atoms with Crippen molar-refractivity contribution in [3.63, 3.8) is 0 Å². The van der Waals surface area contributed by atoms with Crippen LogP contribution in [0.15, 0.2) is 35.5 Å². The number of sulfone groups is 1. The van der Waals surface area contributed by atoms with E-state index < -0.39 is 45.4 Å². The number of benzene rings is 1. The number of aromatic nitrogens is 1. The van der Waals surface area contributed by atoms with Gasteiger partial charge in [0, 0.05) is 30.1 Å². The minimum absolute atomic E-state index is 0.0255. The second-order valence-electron chi connectivity index (χ2n) is 9.25. The van der Waals surface area contributed by atoms with Gasteiger partial charge in [-0.1, -0.05) is 24.9 Å². The van der Waals surface area contributed by atoms with E-state index in [0.29, 0.717) is 13.0 Å². The lowest BCUT2D eigenvalue weighted by Gasteiger charge is -2.27. The van der Waals surface area contributed by atoms with Crippen molar-refractivity contribution < 1.29 is 26.8 Å². The lowest BCUT2D eigenvalue weighted by Crippen LogP contribution is -2.47. The van der Waals surface area contributed by atoms with Crippen molar-refractivity contribution in [3.05, 3.63) is 58.2 Å². The van der Waals surface area contributed by atoms with E-state index in [1.807, 2.05) is 6.92 Å². The molecule has 0 radical (unpaired) electrons. The molecule has 35 heavy (non-hydrogen) atoms. The molecule has 0 bridgehead atoms. The maximum absolute atomic E-state index is 14.7. The third-order valence-electron chi connectivity index (χ3n) is 6.66. The van der Waals surface area contributed by atoms with Crippen LogP contribution < -0.4 is 5.32 Å². The van der Waals surface area contributed by atoms with Gasteiger partial charge < -0.3 is 10.2 Å². The quantitative estimate of drug-likeness (QED) is 0.553. The van der Waals surface area contributed by atoms with Crippen molar-refractivity contribution in [2.75, 3.05) is 12.8 Å². The third-order valence-corrected chi connectivity index (χ3v) is 7.93. The molecule has 1 aliphatic heterocycles. The van der Waals surface area contributed by atoms with Crippen molar-refractivity contribution in [1.29, 1.82) is 0 Å². The molecule has 1 N–H and O–H groups in total. The van der Waals surface area contributed by atoms with E-state index in [1.165, 1.54) is 23.2 Å². The zero-order valence-electron chi connectivity index (χ0n) is 19.3. The molecule has 4 rings (SSSR count). The molecule has 2 amide bonds. The Morgan fingerprint density at radius 2 is 1.94 bits per heavy atom. The minimum atomic E-state index is -3.62. The normalized spacial score (nSPS) is 21.1. The van der Waals surface area contributed by atoms with Crippen LogP contribution in [-0.2, 0) is 14.6 Å². The maximum atomic E-state index is 14.7. The number of nitrogens with one attached hydrogen (secondary N) is 1. The molecule has 3 atom stereocenters. The van der Waals surface area contributed by atoms with Gasteiger partial charge in [0.1, 0.15) is 17.7 Å². The number of rotatable bonds is 7. The number of amides is 2. The standard InChI is InChI=1S/C24H26ClF2N3O4S/c1-3-13-8-20(30(12-13)24(32)15-6-7-28-21(9-15)35(2,33)34)23(31)29-22(14-4-5-14)16-10-19(27)17(25)11-18(16)26/h6-7,9-11,13-14,20,22H,3-5,8,12H2,1-2H3,(H,29,31)/t13-,20-,22?/m1/s1. The molecule has 188 valence electrons. The van der Waals surface area contributed by atoms with Crippen molar-refractivity contribution >= 4 is 33.3 Å². The molecule has 1 saturated carbocycles. The highest BCUT2D eigenvalue weighted by Crippen LogP contribution is 2.43. The summed E-state index contributed by atoms with van der Waals surface area (Å²) in [7, 11) is -3.62. The van der Waals surface area contributed by atoms with Gasteiger partial charge in [-0.3, -0.25) is 9.59 Å². The highest BCUT2D eigenvalue weighted by molar-refractivity contribution is 7.90. The van der Waals surface area contributed by atoms with Crippen molar-refractivity contribution in [2.45, 2.75) is 49.7 Å². The Hall–Kier alpha value is -2.59. The predicted molar refractivity (Wildman–Crippen MR) is 126 cm³/mol. The summed E-state index contributed by atoms with van der Waals surface area (Å²) in [4.78, 5) is 32.0. The van der Waals surface area contributed by atoms with Gasteiger partial charge in [0.05, 0.1) is 11.1 Å². The fraction of sp³-hybridized carbons (Fsp3) is 0.458. The Kier molecular flexibility index (Phi) is 7.15. The van der Waals surface area contributed by atoms with E-state index >= 15 is 0 Å². The molecule has 0 spiro atoms. The van der Waals surface area contributed by atoms with E-state index in [0.717, 1.165) is 37.7 Å². The minimum Gasteiger partial charge on any atom is -0.347 e. The van der Waals surface area contributed by atoms with Crippen LogP contribution in [0.5, 0.6) is 0 Å². The van der Waals surface area contributed by atoms with Crippen molar-refractivity contribution in [2.24, 2.45) is 11.8 Å². The summed E-state index contributed by atoms with van der Waals surface area (Å²) >= 11 is 5.69. The number of hydrogen-bond donors (Lipinski definition) is 1. The average Bonchev–Trinajstić information content (AvgIpc) is 3.56. The molecular formula is C24H26ClF2N3O4S. The highest BCUT2D eigenvalue weighted by Gasteiger charge is 2.42. The molecule has 1 aliphatic carbocycles. The summed E-state index contributed by atoms with van der Waals surface area (Å²) < 4.78 is 52.5. The van der Waals surface area contributed by atoms with Gasteiger partial charge in [-0.2, -0.15) is 0 Å². The van der Waals surface area contributed by atoms with E-state index in [4.69, 9.17) is 11.6 Å². The number of likely N-dealkylation sites (tertiary alicyclic amines) is 1. The van der Waals surface area contributed by atoms with Crippen molar-refractivity contribution in [1.82, 2.24) is 15.2 Å². The zero-order chi connectivity index (χ0) is 25.5. The second-order valence-corrected chi connectivity index (χ2v) is 11.6. The van der Waals surface area contributed by atoms with E-state index in [-0.39, 0.29) is 33.0 Å². The number of hydrogen-bond acceptors (Lipinski definition) is 5. The summed E-state index contributed by atoms with van der Waals surface area (Å²) in [6.45, 7) is 2.28. The summed E-state index contributed by atoms with van der Waals surface area (Å²) in [5.41, 5.74) is 0.136. The molecule has 2 aromatic rings. The van der Waals surface area contributed by atoms with Gasteiger partial charge in [-0.05, 0) is 55.4 Å². The number of halogens is 3. The molecule has 2 heterocycles. The SMILES string of the molecule is CC[C@@H]1C[C@H](C(=O)NC(c2cc(F)c(Cl)cc2F)C2CC2)N(C(=O)c2ccnc(S(C)(=O)=O)c2)C1. The summed E-state index contributed by atoms with van der Waals surface area (Å²) in [6, 6.07) is 2.94. The number of nitrogens with zero attached hydrogens (tertiary/aromatic N) is 2. The van der Waals surface area contributed by atoms with Gasteiger partial charge in [-0.25, -0.2) is 22.2 Å². The maximum Gasteiger partial charge on any atom is 0.254 e. The van der Waals surface area contributed by atoms with Crippen LogP contribution in [-0.4, -0.2) is 49.0 Å². The Morgan fingerprint density at radius 1 is 1.23 bits per heavy atom. The van der Waals surface area contributed by atoms with E-state index in [2.05, 4.69) is 10.3 Å². The predicted octanol–water partition coefficient (Wildman–Crippen LogP) is 3.92. The van der Waals surface area contributed by atoms with Gasteiger partial charge in [-0.15, -0.1) is 0 Å². The largest absolute Gasteiger partial charge is 0.347 e. The number of pyridine rings is 1. The average molecular weight is 526 g/mol. The van der Waals surface area contributed by atoms with E-state index in [9.17, 15) is 26.8 Å². The first-order chi connectivity index (χ1) is 16.5. The molecule has 1 aromatic carbocycles. The van der Waals surface area contributed by atoms with Crippen LogP contribution in [0.2, 0.25) is 5.02 Å². The Morgan fingerprint density at radius 3 is 2.57 bits per heavy atom. The molecular weight excluding hydrogens is 500 g/mol. The topological polar surface area (TPSA) is 96.4 Å². The fourth-order valence-electron chi connectivity index (χ4n) is 4.51. The Labute approximate surface area is 207 Å². The Balaban J connectivity index is 1.60. The van der Waals surface area contributed by atoms with Crippen LogP contribution >= 0.6 is 11.6 Å². The molecule has 11 heteroatoms. The van der Waals surface area contributed by atoms with Crippen LogP contribution in [0.3, 0.4) is 0 Å². The van der Waals surface area contributed by atoms with Crippen LogP contribution in [0.4, 0.5) is 8.78 Å². The number of carbonyl (C=O) groups excluding carboxylic acids is 2. The van der Waals surface area contributed by atoms with Gasteiger partial charge in [0.2, 0.25) is 5.91 Å². The van der Waals surface area contributed by atoms with Crippen LogP contribution in [0.1, 0.15) is 54.6 Å². The van der Waals surface area contributed by atoms with Gasteiger partial charge in [0.25, 0.3) is 5.91 Å². The second kappa shape index (κ2) is 9.81. The summed E-state index contributed by atoms with van der Waals surface area (Å²) in [6.07, 6.45) is 4.90. The highest BCUT2D eigenvalue weighted by atomic mass is 35.5. The molecule has 2 aliphatic rings. The lowest BCUT2D eigenvalue weighted by molar-refractivity contribution is -0.125. The summed E-state index contributed by atoms with van der Waals surface area (Å²) in [5.74, 6) is -2.40.